The highest BCUT2D eigenvalue weighted by atomic mass is 35.5. The van der Waals surface area contributed by atoms with E-state index in [0.717, 1.165) is 15.8 Å². The molecule has 0 unspecified atom stereocenters. The number of nitrogens with one attached hydrogen (secondary N) is 2. The van der Waals surface area contributed by atoms with Crippen LogP contribution in [-0.2, 0) is 16.0 Å². The van der Waals surface area contributed by atoms with Crippen LogP contribution in [0.1, 0.15) is 16.9 Å². The molecule has 0 bridgehead atoms. The lowest BCUT2D eigenvalue weighted by Crippen LogP contribution is -2.54. The molecule has 0 spiro atoms. The lowest BCUT2D eigenvalue weighted by molar-refractivity contribution is -0.129. The number of carbonyl (C=O) groups is 2. The standard InChI is InChI=1S/C20H18ClN5O2S/c21-16-5-2-13(29-16)3-6-17(27)26-20(7-8-23-19(20)28)10-12-1-4-14-15(9-12)24-11-25-18(14)22/h1-6,9,11H,7-8,10H2,(H,23,28)(H,26,27)(H2,22,24,25)/t20-/m0/s1. The van der Waals surface area contributed by atoms with E-state index in [1.165, 1.54) is 23.7 Å². The molecule has 0 radical (unpaired) electrons. The first-order chi connectivity index (χ1) is 13.9. The summed E-state index contributed by atoms with van der Waals surface area (Å²) in [7, 11) is 0. The Morgan fingerprint density at radius 3 is 2.93 bits per heavy atom. The summed E-state index contributed by atoms with van der Waals surface area (Å²) in [5.41, 5.74) is 6.44. The number of nitrogen functional groups attached to an aromatic ring is 1. The molecule has 4 rings (SSSR count). The van der Waals surface area contributed by atoms with Gasteiger partial charge in [0.25, 0.3) is 0 Å². The maximum absolute atomic E-state index is 12.6. The fraction of sp³-hybridized carbons (Fsp3) is 0.200. The van der Waals surface area contributed by atoms with Crippen LogP contribution in [0.25, 0.3) is 17.0 Å². The first-order valence-corrected chi connectivity index (χ1v) is 10.2. The number of fused-ring (bicyclic) bond motifs is 1. The van der Waals surface area contributed by atoms with E-state index in [9.17, 15) is 9.59 Å². The van der Waals surface area contributed by atoms with Gasteiger partial charge in [0.15, 0.2) is 0 Å². The van der Waals surface area contributed by atoms with Crippen LogP contribution < -0.4 is 16.4 Å². The minimum atomic E-state index is -1.01. The van der Waals surface area contributed by atoms with Crippen molar-refractivity contribution in [1.82, 2.24) is 20.6 Å². The molecular formula is C20H18ClN5O2S. The second-order valence-electron chi connectivity index (χ2n) is 6.84. The Bertz CT molecular complexity index is 1130. The van der Waals surface area contributed by atoms with Crippen molar-refractivity contribution in [3.8, 4) is 0 Å². The number of rotatable bonds is 5. The molecule has 3 aromatic rings. The topological polar surface area (TPSA) is 110 Å². The van der Waals surface area contributed by atoms with Gasteiger partial charge >= 0.3 is 0 Å². The minimum Gasteiger partial charge on any atom is -0.383 e. The Balaban J connectivity index is 1.56. The average Bonchev–Trinajstić information content (AvgIpc) is 3.26. The van der Waals surface area contributed by atoms with Gasteiger partial charge in [0.2, 0.25) is 11.8 Å². The van der Waals surface area contributed by atoms with Gasteiger partial charge in [0, 0.05) is 29.3 Å². The van der Waals surface area contributed by atoms with Gasteiger partial charge in [-0.3, -0.25) is 9.59 Å². The Kier molecular flexibility index (Phi) is 5.21. The summed E-state index contributed by atoms with van der Waals surface area (Å²) in [6, 6.07) is 9.19. The van der Waals surface area contributed by atoms with Crippen LogP contribution in [0, 0.1) is 0 Å². The summed E-state index contributed by atoms with van der Waals surface area (Å²) >= 11 is 7.28. The second-order valence-corrected chi connectivity index (χ2v) is 8.59. The van der Waals surface area contributed by atoms with Gasteiger partial charge in [0.1, 0.15) is 17.7 Å². The molecule has 0 aliphatic carbocycles. The van der Waals surface area contributed by atoms with E-state index in [1.54, 1.807) is 12.1 Å². The third-order valence-electron chi connectivity index (χ3n) is 4.87. The van der Waals surface area contributed by atoms with Crippen molar-refractivity contribution in [3.63, 3.8) is 0 Å². The molecule has 7 nitrogen and oxygen atoms in total. The van der Waals surface area contributed by atoms with Crippen LogP contribution in [0.5, 0.6) is 0 Å². The third kappa shape index (κ3) is 4.08. The summed E-state index contributed by atoms with van der Waals surface area (Å²) in [6.45, 7) is 0.506. The molecule has 0 saturated carbocycles. The summed E-state index contributed by atoms with van der Waals surface area (Å²) in [4.78, 5) is 34.2. The lowest BCUT2D eigenvalue weighted by atomic mass is 9.88. The monoisotopic (exact) mass is 427 g/mol. The molecule has 29 heavy (non-hydrogen) atoms. The number of hydrogen-bond donors (Lipinski definition) is 3. The normalized spacial score (nSPS) is 19.0. The first kappa shape index (κ1) is 19.4. The SMILES string of the molecule is Nc1ncnc2cc(C[C@@]3(NC(=O)C=Cc4ccc(Cl)s4)CCNC3=O)ccc12. The molecule has 1 aliphatic heterocycles. The maximum Gasteiger partial charge on any atom is 0.246 e. The lowest BCUT2D eigenvalue weighted by Gasteiger charge is -2.27. The largest absolute Gasteiger partial charge is 0.383 e. The quantitative estimate of drug-likeness (QED) is 0.542. The Morgan fingerprint density at radius 2 is 2.21 bits per heavy atom. The number of carbonyl (C=O) groups excluding carboxylic acids is 2. The average molecular weight is 428 g/mol. The molecule has 4 N–H and O–H groups in total. The molecule has 1 aliphatic rings. The van der Waals surface area contributed by atoms with Crippen molar-refractivity contribution in [1.29, 1.82) is 0 Å². The summed E-state index contributed by atoms with van der Waals surface area (Å²) in [5, 5.41) is 6.48. The van der Waals surface area contributed by atoms with Crippen LogP contribution in [0.4, 0.5) is 5.82 Å². The Morgan fingerprint density at radius 1 is 1.34 bits per heavy atom. The van der Waals surface area contributed by atoms with Gasteiger partial charge in [-0.2, -0.15) is 0 Å². The van der Waals surface area contributed by atoms with E-state index in [4.69, 9.17) is 17.3 Å². The molecule has 1 aromatic carbocycles. The predicted octanol–water partition coefficient (Wildman–Crippen LogP) is 2.56. The summed E-state index contributed by atoms with van der Waals surface area (Å²) < 4.78 is 0.650. The molecule has 1 atom stereocenters. The van der Waals surface area contributed by atoms with Crippen LogP contribution >= 0.6 is 22.9 Å². The van der Waals surface area contributed by atoms with Crippen molar-refractivity contribution >= 4 is 57.5 Å². The van der Waals surface area contributed by atoms with Crippen molar-refractivity contribution in [2.24, 2.45) is 0 Å². The van der Waals surface area contributed by atoms with Gasteiger partial charge in [-0.15, -0.1) is 11.3 Å². The maximum atomic E-state index is 12.6. The van der Waals surface area contributed by atoms with Crippen LogP contribution in [0.2, 0.25) is 4.34 Å². The van der Waals surface area contributed by atoms with Crippen LogP contribution in [-0.4, -0.2) is 33.9 Å². The smallest absolute Gasteiger partial charge is 0.246 e. The first-order valence-electron chi connectivity index (χ1n) is 8.98. The number of hydrogen-bond acceptors (Lipinski definition) is 6. The van der Waals surface area contributed by atoms with Crippen molar-refractivity contribution in [2.75, 3.05) is 12.3 Å². The van der Waals surface area contributed by atoms with E-state index in [0.29, 0.717) is 35.1 Å². The zero-order chi connectivity index (χ0) is 20.4. The summed E-state index contributed by atoms with van der Waals surface area (Å²) in [6.07, 6.45) is 5.36. The fourth-order valence-electron chi connectivity index (χ4n) is 3.44. The number of anilines is 1. The highest BCUT2D eigenvalue weighted by Crippen LogP contribution is 2.26. The van der Waals surface area contributed by atoms with Crippen molar-refractivity contribution in [2.45, 2.75) is 18.4 Å². The van der Waals surface area contributed by atoms with Crippen LogP contribution in [0.15, 0.2) is 42.7 Å². The van der Waals surface area contributed by atoms with Gasteiger partial charge in [0.05, 0.1) is 9.85 Å². The van der Waals surface area contributed by atoms with Crippen molar-refractivity contribution < 1.29 is 9.59 Å². The number of nitrogens with zero attached hydrogens (tertiary/aromatic N) is 2. The number of thiophene rings is 1. The molecule has 1 saturated heterocycles. The van der Waals surface area contributed by atoms with E-state index >= 15 is 0 Å². The zero-order valence-corrected chi connectivity index (χ0v) is 16.9. The molecule has 148 valence electrons. The number of nitrogens with two attached hydrogens (primary N) is 1. The van der Waals surface area contributed by atoms with E-state index in [1.807, 2.05) is 24.3 Å². The number of amides is 2. The zero-order valence-electron chi connectivity index (χ0n) is 15.3. The predicted molar refractivity (Wildman–Crippen MR) is 115 cm³/mol. The molecule has 1 fully saturated rings. The van der Waals surface area contributed by atoms with Crippen LogP contribution in [0.3, 0.4) is 0 Å². The third-order valence-corrected chi connectivity index (χ3v) is 6.06. The Labute approximate surface area is 176 Å². The molecule has 2 aromatic heterocycles. The molecule has 2 amide bonds. The second kappa shape index (κ2) is 7.81. The van der Waals surface area contributed by atoms with E-state index in [-0.39, 0.29) is 11.8 Å². The minimum absolute atomic E-state index is 0.194. The van der Waals surface area contributed by atoms with Gasteiger partial charge in [-0.25, -0.2) is 9.97 Å². The number of aromatic nitrogens is 2. The highest BCUT2D eigenvalue weighted by molar-refractivity contribution is 7.17. The van der Waals surface area contributed by atoms with Crippen molar-refractivity contribution in [3.05, 3.63) is 57.5 Å². The van der Waals surface area contributed by atoms with E-state index < -0.39 is 5.54 Å². The molecule has 9 heteroatoms. The Hall–Kier alpha value is -2.97. The highest BCUT2D eigenvalue weighted by Gasteiger charge is 2.43. The molecular weight excluding hydrogens is 410 g/mol. The number of benzene rings is 1. The van der Waals surface area contributed by atoms with E-state index in [2.05, 4.69) is 20.6 Å². The van der Waals surface area contributed by atoms with Gasteiger partial charge in [-0.05, 0) is 42.3 Å². The van der Waals surface area contributed by atoms with Gasteiger partial charge in [-0.1, -0.05) is 17.7 Å². The fourth-order valence-corrected chi connectivity index (χ4v) is 4.40. The summed E-state index contributed by atoms with van der Waals surface area (Å²) in [5.74, 6) is -0.123. The molecule has 3 heterocycles. The van der Waals surface area contributed by atoms with Gasteiger partial charge < -0.3 is 16.4 Å². The number of halogens is 1.